The second-order valence-corrected chi connectivity index (χ2v) is 21.8. The van der Waals surface area contributed by atoms with Gasteiger partial charge in [0.25, 0.3) is 16.6 Å². The molecular formula is C43H84FN10NaO12S4. The van der Waals surface area contributed by atoms with E-state index in [0.29, 0.717) is 23.7 Å². The van der Waals surface area contributed by atoms with E-state index in [9.17, 15) is 37.2 Å². The number of aliphatic hydroxyl groups is 3. The Bertz CT molecular complexity index is 1720. The molecule has 0 aromatic heterocycles. The van der Waals surface area contributed by atoms with Crippen molar-refractivity contribution < 1.29 is 90.3 Å². The van der Waals surface area contributed by atoms with Crippen LogP contribution in [0.3, 0.4) is 0 Å². The molecule has 4 aliphatic heterocycles. The van der Waals surface area contributed by atoms with Crippen molar-refractivity contribution in [1.82, 2.24) is 20.4 Å². The standard InChI is InChI=1S/C22H42N2O5S2.C18H33N5O5S.CH3FS.CH2O2.CH4.N3.Na/c1-9-10-17-11-18(24(6)12-17)21(25)23-19(16(5)29-31(8,26)27)20-14(3)13(2)15(4)22(28-20)30-7;1-5-6-10-7-11(23(3)8-10)17(27)20-12(9(2)21-22-19)16-14(25)13(24)15(26)18(28-16)29-4;1-3-2;2-1-3;;1-3-2;/h13-20,22H,9-12H2,1-8H3,(H,23,25);9-16,18,24-26H,5-8H2,1-4H3,(H,20,27);1H3;1H,(H,2,3);1H4;;/q;;;;;-1;+1/t13-,14?,15-,16-,17-,18+,19-,20+,22?;9-,10+,11-,12+,13+,14?,15+,16+,18?;;;;;/m10...../s1. The Morgan fingerprint density at radius 3 is 1.62 bits per heavy atom. The summed E-state index contributed by atoms with van der Waals surface area (Å²) in [6.07, 6.45) is 5.80. The topological polar surface area (TPSA) is 332 Å². The molecule has 0 aromatic rings. The molecule has 0 bridgehead atoms. The van der Waals surface area contributed by atoms with E-state index in [0.717, 1.165) is 57.9 Å². The number of halogens is 1. The number of nitrogens with one attached hydrogen (secondary N) is 2. The molecule has 18 atom stereocenters. The molecule has 410 valence electrons. The van der Waals surface area contributed by atoms with Gasteiger partial charge in [0.1, 0.15) is 35.3 Å². The van der Waals surface area contributed by atoms with Crippen LogP contribution in [-0.2, 0) is 38.2 Å². The predicted octanol–water partition coefficient (Wildman–Crippen LogP) is 2.85. The number of carbonyl (C=O) groups is 3. The quantitative estimate of drug-likeness (QED) is 0.0305. The first-order valence-electron chi connectivity index (χ1n) is 22.9. The Morgan fingerprint density at radius 2 is 1.24 bits per heavy atom. The van der Waals surface area contributed by atoms with E-state index in [2.05, 4.69) is 60.2 Å². The number of rotatable bonds is 17. The first-order valence-corrected chi connectivity index (χ1v) is 28.5. The largest absolute Gasteiger partial charge is 1.00 e. The maximum Gasteiger partial charge on any atom is 1.00 e. The van der Waals surface area contributed by atoms with E-state index in [4.69, 9.17) is 40.2 Å². The van der Waals surface area contributed by atoms with Crippen LogP contribution in [0.4, 0.5) is 3.89 Å². The zero-order valence-corrected chi connectivity index (χ0v) is 48.5. The summed E-state index contributed by atoms with van der Waals surface area (Å²) >= 11 is 3.09. The van der Waals surface area contributed by atoms with Crippen LogP contribution in [0, 0.1) is 29.6 Å². The third kappa shape index (κ3) is 24.0. The fraction of sp³-hybridized carbons (Fsp3) is 0.930. The first-order chi connectivity index (χ1) is 32.4. The van der Waals surface area contributed by atoms with E-state index in [1.807, 2.05) is 25.3 Å². The van der Waals surface area contributed by atoms with E-state index >= 15 is 0 Å². The minimum atomic E-state index is -3.67. The summed E-state index contributed by atoms with van der Waals surface area (Å²) in [6, 6.07) is -2.67. The van der Waals surface area contributed by atoms with Gasteiger partial charge in [-0.25, -0.2) is 0 Å². The summed E-state index contributed by atoms with van der Waals surface area (Å²) < 4.78 is 51.5. The van der Waals surface area contributed by atoms with Crippen molar-refractivity contribution in [3.05, 3.63) is 26.4 Å². The van der Waals surface area contributed by atoms with Gasteiger partial charge in [-0.05, 0) is 94.3 Å². The number of hydrogen-bond acceptors (Lipinski definition) is 17. The smallest absolute Gasteiger partial charge is 0.483 e. The minimum absolute atomic E-state index is 0. The fourth-order valence-electron chi connectivity index (χ4n) is 9.49. The summed E-state index contributed by atoms with van der Waals surface area (Å²) in [4.78, 5) is 43.1. The van der Waals surface area contributed by atoms with Gasteiger partial charge in [0.05, 0.1) is 48.7 Å². The van der Waals surface area contributed by atoms with Crippen molar-refractivity contribution in [1.29, 1.82) is 0 Å². The van der Waals surface area contributed by atoms with Crippen LogP contribution >= 0.6 is 35.7 Å². The van der Waals surface area contributed by atoms with Gasteiger partial charge in [-0.2, -0.15) is 12.3 Å². The van der Waals surface area contributed by atoms with Crippen LogP contribution in [0.1, 0.15) is 94.4 Å². The van der Waals surface area contributed by atoms with Crippen LogP contribution < -0.4 is 40.2 Å². The van der Waals surface area contributed by atoms with E-state index < -0.39 is 64.2 Å². The number of amides is 2. The van der Waals surface area contributed by atoms with Crippen molar-refractivity contribution in [2.45, 2.75) is 172 Å². The second kappa shape index (κ2) is 38.2. The van der Waals surface area contributed by atoms with Crippen molar-refractivity contribution in [2.24, 2.45) is 34.7 Å². The van der Waals surface area contributed by atoms with E-state index in [1.54, 1.807) is 31.9 Å². The molecule has 0 aromatic carbocycles. The third-order valence-corrected chi connectivity index (χ3v) is 15.7. The molecule has 4 rings (SSSR count). The van der Waals surface area contributed by atoms with E-state index in [1.165, 1.54) is 22.9 Å². The summed E-state index contributed by atoms with van der Waals surface area (Å²) in [7, 11) is 0.217. The number of likely N-dealkylation sites (N-methyl/N-ethyl adjacent to an activating group) is 2. The predicted molar refractivity (Wildman–Crippen MR) is 277 cm³/mol. The number of azide groups is 1. The van der Waals surface area contributed by atoms with Crippen molar-refractivity contribution in [2.75, 3.05) is 52.2 Å². The molecule has 4 unspecified atom stereocenters. The average Bonchev–Trinajstić information content (AvgIpc) is 3.84. The maximum absolute atomic E-state index is 13.3. The molecule has 0 saturated carbocycles. The molecule has 4 aliphatic rings. The van der Waals surface area contributed by atoms with Gasteiger partial charge in [-0.15, -0.1) is 23.5 Å². The summed E-state index contributed by atoms with van der Waals surface area (Å²) in [6.45, 7) is 15.6. The minimum Gasteiger partial charge on any atom is -0.483 e. The molecule has 0 spiro atoms. The summed E-state index contributed by atoms with van der Waals surface area (Å²) in [5.74, 6) is 1.53. The molecule has 0 aliphatic carbocycles. The fourth-order valence-corrected chi connectivity index (χ4v) is 11.8. The Balaban J connectivity index is -0.00000109. The van der Waals surface area contributed by atoms with Crippen LogP contribution in [-0.4, -0.2) is 187 Å². The average molecular weight is 1100 g/mol. The molecule has 6 N–H and O–H groups in total. The molecular weight excluding hydrogens is 1020 g/mol. The number of likely N-dealkylation sites (tertiary alicyclic amines) is 2. The molecule has 22 nitrogen and oxygen atoms in total. The van der Waals surface area contributed by atoms with Gasteiger partial charge < -0.3 is 51.6 Å². The molecule has 4 saturated heterocycles. The third-order valence-electron chi connectivity index (χ3n) is 13.1. The van der Waals surface area contributed by atoms with Crippen LogP contribution in [0.5, 0.6) is 0 Å². The number of carboxylic acid groups (broad SMARTS) is 1. The van der Waals surface area contributed by atoms with Gasteiger partial charge in [0.2, 0.25) is 11.8 Å². The SMILES string of the molecule is C.CCC[C@@H]1C[C@@H](C(=O)N[C@H]([C@@H](C)OS(C)(=O)=O)[C@H]2OC(SC)[C@H](C)[C@H](C)C2C)N(C)C1.CCC[C@@H]1C[C@@H](C(=O)N[C@H]([C@H](C)N=[N+]=[N-])[C@H]2OC(SC)[C@H](O)[C@H](O)C2O)N(C)C1.CSF.O=CO.[N-]=[N+]=[N-].[Na+]. The van der Waals surface area contributed by atoms with Gasteiger partial charge in [0, 0.05) is 36.4 Å². The Hall–Kier alpha value is -1.36. The first kappa shape index (κ1) is 73.9. The Kier molecular flexibility index (Phi) is 39.8. The van der Waals surface area contributed by atoms with E-state index in [-0.39, 0.29) is 97.0 Å². The zero-order valence-electron chi connectivity index (χ0n) is 43.3. The van der Waals surface area contributed by atoms with Gasteiger partial charge >= 0.3 is 29.6 Å². The molecule has 71 heavy (non-hydrogen) atoms. The molecule has 4 heterocycles. The van der Waals surface area contributed by atoms with Crippen LogP contribution in [0.2, 0.25) is 0 Å². The van der Waals surface area contributed by atoms with Crippen molar-refractivity contribution >= 4 is 64.1 Å². The van der Waals surface area contributed by atoms with Crippen LogP contribution in [0.15, 0.2) is 5.11 Å². The Labute approximate surface area is 457 Å². The monoisotopic (exact) mass is 1100 g/mol. The van der Waals surface area contributed by atoms with Gasteiger partial charge in [0.15, 0.2) is 0 Å². The summed E-state index contributed by atoms with van der Waals surface area (Å²) in [5.41, 5.74) is 21.6. The van der Waals surface area contributed by atoms with Gasteiger partial charge in [-0.3, -0.25) is 33.3 Å². The zero-order chi connectivity index (χ0) is 53.3. The molecule has 2 amide bonds. The molecule has 4 fully saturated rings. The van der Waals surface area contributed by atoms with Gasteiger partial charge in [-0.1, -0.05) is 66.9 Å². The number of thioether (sulfide) groups is 2. The molecule has 0 radical (unpaired) electrons. The Morgan fingerprint density at radius 1 is 0.831 bits per heavy atom. The molecule has 28 heteroatoms. The number of aliphatic hydroxyl groups excluding tert-OH is 3. The number of hydrogen-bond donors (Lipinski definition) is 6. The number of ether oxygens (including phenoxy) is 2. The van der Waals surface area contributed by atoms with Crippen molar-refractivity contribution in [3.63, 3.8) is 0 Å². The number of carbonyl (C=O) groups excluding carboxylic acids is 2. The number of nitrogens with zero attached hydrogens (tertiary/aromatic N) is 8. The second-order valence-electron chi connectivity index (χ2n) is 18.0. The van der Waals surface area contributed by atoms with Crippen molar-refractivity contribution in [3.8, 4) is 0 Å². The summed E-state index contributed by atoms with van der Waals surface area (Å²) in [5, 5.41) is 47.4. The normalized spacial score (nSPS) is 32.0. The van der Waals surface area contributed by atoms with Crippen LogP contribution in [0.25, 0.3) is 26.4 Å². The maximum atomic E-state index is 13.3.